The normalized spacial score (nSPS) is 10.6. The molecule has 0 N–H and O–H groups in total. The van der Waals surface area contributed by atoms with Gasteiger partial charge in [-0.2, -0.15) is 0 Å². The Balaban J connectivity index is 1.77. The van der Waals surface area contributed by atoms with Crippen LogP contribution in [0.2, 0.25) is 0 Å². The molecule has 0 radical (unpaired) electrons. The van der Waals surface area contributed by atoms with Crippen LogP contribution in [0.1, 0.15) is 23.6 Å². The zero-order chi connectivity index (χ0) is 21.7. The van der Waals surface area contributed by atoms with E-state index in [1.54, 1.807) is 18.2 Å². The minimum absolute atomic E-state index is 0.296. The van der Waals surface area contributed by atoms with E-state index in [-0.39, 0.29) is 6.61 Å². The van der Waals surface area contributed by atoms with Crippen molar-refractivity contribution >= 4 is 16.9 Å². The summed E-state index contributed by atoms with van der Waals surface area (Å²) in [5, 5.41) is 0.812. The topological polar surface area (TPSA) is 75.0 Å². The highest BCUT2D eigenvalue weighted by Gasteiger charge is 2.15. The monoisotopic (exact) mass is 408 g/mol. The van der Waals surface area contributed by atoms with Crippen LogP contribution in [0.25, 0.3) is 11.0 Å². The predicted octanol–water partition coefficient (Wildman–Crippen LogP) is 4.39. The molecule has 0 fully saturated rings. The van der Waals surface area contributed by atoms with E-state index in [2.05, 4.69) is 6.58 Å². The second-order valence-corrected chi connectivity index (χ2v) is 6.80. The van der Waals surface area contributed by atoms with Crippen LogP contribution in [0, 0.1) is 6.92 Å². The fraction of sp³-hybridized carbons (Fsp3) is 0.250. The highest BCUT2D eigenvalue weighted by molar-refractivity contribution is 5.84. The van der Waals surface area contributed by atoms with Crippen molar-refractivity contribution in [2.75, 3.05) is 13.7 Å². The van der Waals surface area contributed by atoms with Gasteiger partial charge in [0.05, 0.1) is 7.11 Å². The fourth-order valence-corrected chi connectivity index (χ4v) is 3.18. The average molecular weight is 408 g/mol. The zero-order valence-corrected chi connectivity index (χ0v) is 17.3. The maximum Gasteiger partial charge on any atom is 0.349 e. The molecule has 6 heteroatoms. The van der Waals surface area contributed by atoms with Crippen LogP contribution in [0.4, 0.5) is 0 Å². The molecular formula is C24H24O6. The van der Waals surface area contributed by atoms with Gasteiger partial charge in [0.1, 0.15) is 11.3 Å². The molecule has 0 atom stereocenters. The average Bonchev–Trinajstić information content (AvgIpc) is 2.72. The Hall–Kier alpha value is -3.54. The summed E-state index contributed by atoms with van der Waals surface area (Å²) in [6.07, 6.45) is 3.15. The van der Waals surface area contributed by atoms with Gasteiger partial charge in [0.15, 0.2) is 18.1 Å². The number of rotatable bonds is 8. The minimum atomic E-state index is -0.573. The van der Waals surface area contributed by atoms with Gasteiger partial charge in [0.25, 0.3) is 0 Å². The molecule has 0 spiro atoms. The number of hydrogen-bond donors (Lipinski definition) is 0. The second kappa shape index (κ2) is 9.31. The summed E-state index contributed by atoms with van der Waals surface area (Å²) >= 11 is 0. The number of ether oxygens (including phenoxy) is 3. The lowest BCUT2D eigenvalue weighted by Crippen LogP contribution is -2.18. The number of fused-ring (bicyclic) bond motifs is 1. The van der Waals surface area contributed by atoms with Gasteiger partial charge in [-0.25, -0.2) is 9.59 Å². The maximum atomic E-state index is 12.4. The summed E-state index contributed by atoms with van der Waals surface area (Å²) in [6.45, 7) is 7.22. The molecule has 0 saturated heterocycles. The van der Waals surface area contributed by atoms with Crippen LogP contribution in [-0.2, 0) is 17.6 Å². The smallest absolute Gasteiger partial charge is 0.349 e. The van der Waals surface area contributed by atoms with Gasteiger partial charge in [-0.05, 0) is 54.7 Å². The summed E-state index contributed by atoms with van der Waals surface area (Å²) in [5.74, 6) is 0.745. The lowest BCUT2D eigenvalue weighted by molar-refractivity contribution is -0.136. The first-order valence-electron chi connectivity index (χ1n) is 9.63. The summed E-state index contributed by atoms with van der Waals surface area (Å²) in [7, 11) is 1.54. The first-order chi connectivity index (χ1) is 14.4. The Labute approximate surface area is 174 Å². The summed E-state index contributed by atoms with van der Waals surface area (Å²) in [6, 6.07) is 10.4. The number of methoxy groups -OCH3 is 1. The third kappa shape index (κ3) is 4.71. The summed E-state index contributed by atoms with van der Waals surface area (Å²) in [4.78, 5) is 24.1. The van der Waals surface area contributed by atoms with Gasteiger partial charge in [-0.1, -0.05) is 19.1 Å². The molecule has 3 aromatic rings. The molecule has 2 aromatic carbocycles. The Bertz CT molecular complexity index is 1140. The Morgan fingerprint density at radius 3 is 2.63 bits per heavy atom. The standard InChI is InChI=1S/C24H24O6/c1-5-7-16-8-9-19(22(11-16)27-4)28-14-24(26)29-20-13-21-18(12-17(20)6-2)15(3)10-23(25)30-21/h5,8-13H,1,6-7,14H2,2-4H3. The first kappa shape index (κ1) is 21.2. The van der Waals surface area contributed by atoms with Crippen molar-refractivity contribution in [1.29, 1.82) is 0 Å². The van der Waals surface area contributed by atoms with Crippen molar-refractivity contribution in [2.45, 2.75) is 26.7 Å². The van der Waals surface area contributed by atoms with E-state index in [0.29, 0.717) is 35.7 Å². The predicted molar refractivity (Wildman–Crippen MR) is 115 cm³/mol. The molecule has 0 amide bonds. The van der Waals surface area contributed by atoms with Crippen LogP contribution in [0.3, 0.4) is 0 Å². The van der Waals surface area contributed by atoms with Crippen molar-refractivity contribution in [1.82, 2.24) is 0 Å². The van der Waals surface area contributed by atoms with E-state index in [4.69, 9.17) is 18.6 Å². The lowest BCUT2D eigenvalue weighted by Gasteiger charge is -2.13. The van der Waals surface area contributed by atoms with Crippen molar-refractivity contribution in [2.24, 2.45) is 0 Å². The van der Waals surface area contributed by atoms with E-state index in [9.17, 15) is 9.59 Å². The Morgan fingerprint density at radius 1 is 1.13 bits per heavy atom. The van der Waals surface area contributed by atoms with Crippen LogP contribution in [0.15, 0.2) is 58.3 Å². The highest BCUT2D eigenvalue weighted by Crippen LogP contribution is 2.30. The number of allylic oxidation sites excluding steroid dienone is 1. The molecule has 0 saturated carbocycles. The lowest BCUT2D eigenvalue weighted by atomic mass is 10.1. The van der Waals surface area contributed by atoms with Crippen molar-refractivity contribution in [3.05, 3.63) is 76.2 Å². The molecule has 3 rings (SSSR count). The number of carbonyl (C=O) groups is 1. The third-order valence-electron chi connectivity index (χ3n) is 4.69. The molecule has 30 heavy (non-hydrogen) atoms. The molecule has 6 nitrogen and oxygen atoms in total. The molecule has 1 aromatic heterocycles. The number of carbonyl (C=O) groups excluding carboxylic acids is 1. The van der Waals surface area contributed by atoms with Gasteiger partial charge >= 0.3 is 11.6 Å². The molecular weight excluding hydrogens is 384 g/mol. The van der Waals surface area contributed by atoms with E-state index < -0.39 is 11.6 Å². The second-order valence-electron chi connectivity index (χ2n) is 6.80. The van der Waals surface area contributed by atoms with Crippen molar-refractivity contribution in [3.63, 3.8) is 0 Å². The molecule has 1 heterocycles. The van der Waals surface area contributed by atoms with Gasteiger partial charge in [0, 0.05) is 17.5 Å². The van der Waals surface area contributed by atoms with Gasteiger partial charge < -0.3 is 18.6 Å². The van der Waals surface area contributed by atoms with E-state index in [0.717, 1.165) is 22.1 Å². The van der Waals surface area contributed by atoms with Gasteiger partial charge in [0.2, 0.25) is 0 Å². The van der Waals surface area contributed by atoms with E-state index >= 15 is 0 Å². The minimum Gasteiger partial charge on any atom is -0.493 e. The van der Waals surface area contributed by atoms with Crippen LogP contribution >= 0.6 is 0 Å². The van der Waals surface area contributed by atoms with Crippen molar-refractivity contribution < 1.29 is 23.4 Å². The molecule has 0 bridgehead atoms. The zero-order valence-electron chi connectivity index (χ0n) is 17.3. The molecule has 0 aliphatic rings. The van der Waals surface area contributed by atoms with E-state index in [1.165, 1.54) is 13.2 Å². The number of esters is 1. The summed E-state index contributed by atoms with van der Waals surface area (Å²) < 4.78 is 21.7. The van der Waals surface area contributed by atoms with Gasteiger partial charge in [-0.3, -0.25) is 0 Å². The fourth-order valence-electron chi connectivity index (χ4n) is 3.18. The molecule has 0 aliphatic heterocycles. The number of hydrogen-bond acceptors (Lipinski definition) is 6. The largest absolute Gasteiger partial charge is 0.493 e. The maximum absolute atomic E-state index is 12.4. The quantitative estimate of drug-likeness (QED) is 0.238. The number of aryl methyl sites for hydroxylation is 2. The molecule has 0 unspecified atom stereocenters. The Kier molecular flexibility index (Phi) is 6.57. The highest BCUT2D eigenvalue weighted by atomic mass is 16.6. The molecule has 0 aliphatic carbocycles. The molecule has 156 valence electrons. The van der Waals surface area contributed by atoms with Crippen molar-refractivity contribution in [3.8, 4) is 17.2 Å². The Morgan fingerprint density at radius 2 is 1.93 bits per heavy atom. The van der Waals surface area contributed by atoms with Crippen LogP contribution in [0.5, 0.6) is 17.2 Å². The van der Waals surface area contributed by atoms with Gasteiger partial charge in [-0.15, -0.1) is 6.58 Å². The third-order valence-corrected chi connectivity index (χ3v) is 4.69. The van der Waals surface area contributed by atoms with Crippen LogP contribution in [-0.4, -0.2) is 19.7 Å². The first-order valence-corrected chi connectivity index (χ1v) is 9.63. The SMILES string of the molecule is C=CCc1ccc(OCC(=O)Oc2cc3oc(=O)cc(C)c3cc2CC)c(OC)c1. The van der Waals surface area contributed by atoms with Crippen LogP contribution < -0.4 is 19.8 Å². The van der Waals surface area contributed by atoms with E-state index in [1.807, 2.05) is 32.0 Å². The number of benzene rings is 2. The summed E-state index contributed by atoms with van der Waals surface area (Å²) in [5.41, 5.74) is 2.60.